The van der Waals surface area contributed by atoms with Crippen LogP contribution in [-0.4, -0.2) is 36.9 Å². The van der Waals surface area contributed by atoms with E-state index >= 15 is 0 Å². The van der Waals surface area contributed by atoms with Gasteiger partial charge in [0, 0.05) is 0 Å². The maximum atomic E-state index is 2.54. The molecule has 5 heteroatoms. The van der Waals surface area contributed by atoms with Crippen LogP contribution in [-0.2, 0) is 0 Å². The lowest BCUT2D eigenvalue weighted by Crippen LogP contribution is -2.18. The van der Waals surface area contributed by atoms with Crippen molar-refractivity contribution >= 4 is 36.9 Å². The quantitative estimate of drug-likeness (QED) is 0.687. The normalized spacial score (nSPS) is 30.9. The van der Waals surface area contributed by atoms with Gasteiger partial charge in [0.05, 0.1) is 36.9 Å². The predicted molar refractivity (Wildman–Crippen MR) is 106 cm³/mol. The van der Waals surface area contributed by atoms with E-state index in [2.05, 4.69) is 22.4 Å². The summed E-state index contributed by atoms with van der Waals surface area (Å²) in [5.74, 6) is 1.04. The van der Waals surface area contributed by atoms with Gasteiger partial charge in [-0.15, -0.1) is 0 Å². The average molecular weight is 270 g/mol. The second kappa shape index (κ2) is 11.0. The number of hydrogen-bond donors (Lipinski definition) is 0. The first-order chi connectivity index (χ1) is 9.70. The number of rotatable bonds is 3. The van der Waals surface area contributed by atoms with Crippen molar-refractivity contribution in [2.45, 2.75) is 95.1 Å². The van der Waals surface area contributed by atoms with E-state index in [4.69, 9.17) is 0 Å². The van der Waals surface area contributed by atoms with Crippen LogP contribution in [0.15, 0.2) is 0 Å². The molecule has 0 aromatic carbocycles. The summed E-state index contributed by atoms with van der Waals surface area (Å²) in [6.45, 7) is 2.54. The van der Waals surface area contributed by atoms with Crippen LogP contribution in [0.5, 0.6) is 0 Å². The Hall–Kier alpha value is 0.325. The van der Waals surface area contributed by atoms with Crippen LogP contribution in [0.1, 0.15) is 84.0 Å². The van der Waals surface area contributed by atoms with Gasteiger partial charge >= 0.3 is 0 Å². The zero-order chi connectivity index (χ0) is 14.7. The van der Waals surface area contributed by atoms with Crippen LogP contribution in [0.2, 0.25) is 11.1 Å². The monoisotopic (exact) mass is 270 g/mol. The second-order valence-corrected chi connectivity index (χ2v) is 7.72. The Morgan fingerprint density at radius 3 is 1.90 bits per heavy atom. The first kappa shape index (κ1) is 18.4. The Labute approximate surface area is 132 Å². The van der Waals surface area contributed by atoms with Gasteiger partial charge in [-0.3, -0.25) is 0 Å². The molecular weight excluding hydrogens is 234 g/mol. The topological polar surface area (TPSA) is 0 Å². The Balaban J connectivity index is 2.42. The van der Waals surface area contributed by atoms with Crippen LogP contribution in [0.3, 0.4) is 0 Å². The molecule has 1 fully saturated rings. The molecule has 20 heavy (non-hydrogen) atoms. The molecule has 2 unspecified atom stereocenters. The average Bonchev–Trinajstić information content (AvgIpc) is 2.45. The van der Waals surface area contributed by atoms with Crippen molar-refractivity contribution in [3.8, 4) is 0 Å². The zero-order valence-corrected chi connectivity index (χ0v) is 14.7. The highest BCUT2D eigenvalue weighted by atomic mass is 14.2. The molecule has 0 amide bonds. The summed E-state index contributed by atoms with van der Waals surface area (Å²) < 4.78 is 0. The van der Waals surface area contributed by atoms with E-state index in [1.165, 1.54) is 98.5 Å². The van der Waals surface area contributed by atoms with Gasteiger partial charge in [-0.25, -0.2) is 0 Å². The second-order valence-electron chi connectivity index (χ2n) is 7.72. The summed E-state index contributed by atoms with van der Waals surface area (Å²) >= 11 is 0. The standard InChI is InChI=1S/C15H35B5/c1-15(19-16)12-8-5-3-2-4-6-10-14(18-20-17)11-7-9-13-15/h14,18-20H,2-13,16-17H2,1H3. The van der Waals surface area contributed by atoms with Gasteiger partial charge < -0.3 is 0 Å². The molecule has 1 aliphatic rings. The minimum Gasteiger partial charge on any atom is -0.0740 e. The predicted octanol–water partition coefficient (Wildman–Crippen LogP) is 1.97. The van der Waals surface area contributed by atoms with E-state index < -0.39 is 0 Å². The molecule has 1 rings (SSSR count). The molecule has 0 aromatic rings. The fraction of sp³-hybridized carbons (Fsp3) is 1.00. The Kier molecular flexibility index (Phi) is 10.1. The summed E-state index contributed by atoms with van der Waals surface area (Å²) in [7, 11) is 9.01. The van der Waals surface area contributed by atoms with Crippen LogP contribution in [0.25, 0.3) is 0 Å². The van der Waals surface area contributed by atoms with E-state index in [9.17, 15) is 0 Å². The third-order valence-electron chi connectivity index (χ3n) is 5.84. The molecule has 0 nitrogen and oxygen atoms in total. The van der Waals surface area contributed by atoms with E-state index in [1.54, 1.807) is 0 Å². The minimum absolute atomic E-state index is 0.643. The van der Waals surface area contributed by atoms with E-state index in [0.29, 0.717) is 5.31 Å². The van der Waals surface area contributed by atoms with Gasteiger partial charge in [0.25, 0.3) is 0 Å². The summed E-state index contributed by atoms with van der Waals surface area (Å²) in [5.41, 5.74) is 0. The molecule has 0 saturated heterocycles. The van der Waals surface area contributed by atoms with E-state index in [1.807, 2.05) is 0 Å². The van der Waals surface area contributed by atoms with E-state index in [-0.39, 0.29) is 0 Å². The highest BCUT2D eigenvalue weighted by Crippen LogP contribution is 2.37. The molecule has 0 spiro atoms. The molecule has 0 aliphatic heterocycles. The Morgan fingerprint density at radius 2 is 1.30 bits per heavy atom. The van der Waals surface area contributed by atoms with Crippen molar-refractivity contribution in [2.24, 2.45) is 0 Å². The van der Waals surface area contributed by atoms with Gasteiger partial charge in [-0.2, -0.15) is 0 Å². The van der Waals surface area contributed by atoms with Gasteiger partial charge in [0.15, 0.2) is 0 Å². The number of hydrogen-bond acceptors (Lipinski definition) is 0. The maximum absolute atomic E-state index is 2.54. The van der Waals surface area contributed by atoms with Crippen molar-refractivity contribution in [3.63, 3.8) is 0 Å². The molecule has 0 radical (unpaired) electrons. The van der Waals surface area contributed by atoms with Crippen LogP contribution < -0.4 is 0 Å². The van der Waals surface area contributed by atoms with Crippen LogP contribution in [0.4, 0.5) is 0 Å². The molecule has 1 aliphatic carbocycles. The summed E-state index contributed by atoms with van der Waals surface area (Å²) in [5, 5.41) is 0.643. The van der Waals surface area contributed by atoms with Gasteiger partial charge in [-0.1, -0.05) is 95.1 Å². The molecule has 0 aromatic heterocycles. The van der Waals surface area contributed by atoms with E-state index in [0.717, 1.165) is 5.82 Å². The first-order valence-electron chi connectivity index (χ1n) is 9.70. The van der Waals surface area contributed by atoms with Gasteiger partial charge in [-0.05, 0) is 0 Å². The Morgan fingerprint density at radius 1 is 0.800 bits per heavy atom. The molecular formula is C15H35B5. The molecule has 0 heterocycles. The maximum Gasteiger partial charge on any atom is 0.0897 e. The van der Waals surface area contributed by atoms with Crippen LogP contribution >= 0.6 is 0 Å². The smallest absolute Gasteiger partial charge is 0.0740 e. The van der Waals surface area contributed by atoms with Crippen molar-refractivity contribution in [1.82, 2.24) is 0 Å². The SMILES string of the molecule is BBBC1CCCCCCCCC(C)(BB)CCCC1. The lowest BCUT2D eigenvalue weighted by molar-refractivity contribution is 0.438. The molecule has 2 atom stereocenters. The third kappa shape index (κ3) is 7.94. The van der Waals surface area contributed by atoms with Crippen LogP contribution in [0, 0.1) is 0 Å². The highest BCUT2D eigenvalue weighted by Gasteiger charge is 2.21. The molecule has 0 N–H and O–H groups in total. The fourth-order valence-corrected chi connectivity index (χ4v) is 4.00. The summed E-state index contributed by atoms with van der Waals surface area (Å²) in [6, 6.07) is 0. The molecule has 1 saturated carbocycles. The van der Waals surface area contributed by atoms with Gasteiger partial charge in [0.2, 0.25) is 0 Å². The highest BCUT2D eigenvalue weighted by molar-refractivity contribution is 7.24. The summed E-state index contributed by atoms with van der Waals surface area (Å²) in [4.78, 5) is 0. The lowest BCUT2D eigenvalue weighted by Gasteiger charge is -2.29. The van der Waals surface area contributed by atoms with Crippen molar-refractivity contribution in [3.05, 3.63) is 0 Å². The minimum atomic E-state index is 0.643. The molecule has 110 valence electrons. The fourth-order valence-electron chi connectivity index (χ4n) is 4.00. The van der Waals surface area contributed by atoms with Crippen molar-refractivity contribution in [2.75, 3.05) is 0 Å². The Bertz CT molecular complexity index is 236. The lowest BCUT2D eigenvalue weighted by atomic mass is 9.23. The largest absolute Gasteiger partial charge is 0.0897 e. The van der Waals surface area contributed by atoms with Gasteiger partial charge in [0.1, 0.15) is 0 Å². The summed E-state index contributed by atoms with van der Waals surface area (Å²) in [6.07, 6.45) is 17.8. The van der Waals surface area contributed by atoms with Crippen molar-refractivity contribution < 1.29 is 0 Å². The third-order valence-corrected chi connectivity index (χ3v) is 5.84. The first-order valence-corrected chi connectivity index (χ1v) is 9.70. The molecule has 0 bridgehead atoms. The van der Waals surface area contributed by atoms with Crippen molar-refractivity contribution in [1.29, 1.82) is 0 Å². The zero-order valence-electron chi connectivity index (χ0n) is 14.7.